The summed E-state index contributed by atoms with van der Waals surface area (Å²) >= 11 is 0. The van der Waals surface area contributed by atoms with Crippen LogP contribution in [0.1, 0.15) is 34.5 Å². The Bertz CT molecular complexity index is 963. The number of carbonyl (C=O) groups is 1. The van der Waals surface area contributed by atoms with Gasteiger partial charge in [0.2, 0.25) is 0 Å². The number of likely N-dealkylation sites (tertiary alicyclic amines) is 1. The molecule has 0 bridgehead atoms. The number of amides is 1. The van der Waals surface area contributed by atoms with Gasteiger partial charge in [0.1, 0.15) is 11.4 Å². The number of hydrogen-bond acceptors (Lipinski definition) is 4. The number of nitrogens with one attached hydrogen (secondary N) is 1. The summed E-state index contributed by atoms with van der Waals surface area (Å²) in [6.45, 7) is 3.90. The minimum Gasteiger partial charge on any atom is -0.497 e. The van der Waals surface area contributed by atoms with Crippen LogP contribution in [0.4, 0.5) is 0 Å². The molecule has 1 amide bonds. The predicted molar refractivity (Wildman–Crippen MR) is 110 cm³/mol. The summed E-state index contributed by atoms with van der Waals surface area (Å²) in [4.78, 5) is 19.4. The van der Waals surface area contributed by atoms with Crippen molar-refractivity contribution in [3.05, 3.63) is 71.4 Å². The number of nitrogens with zero attached hydrogens (tertiary/aromatic N) is 2. The zero-order valence-corrected chi connectivity index (χ0v) is 16.1. The van der Waals surface area contributed by atoms with Gasteiger partial charge in [0, 0.05) is 18.5 Å². The lowest BCUT2D eigenvalue weighted by Gasteiger charge is -2.14. The number of carbonyl (C=O) groups excluding carboxylic acids is 1. The fourth-order valence-electron chi connectivity index (χ4n) is 3.59. The quantitative estimate of drug-likeness (QED) is 0.713. The molecule has 2 aromatic carbocycles. The first-order valence-electron chi connectivity index (χ1n) is 9.74. The van der Waals surface area contributed by atoms with E-state index in [9.17, 15) is 4.79 Å². The van der Waals surface area contributed by atoms with Crippen LogP contribution in [0.15, 0.2) is 54.6 Å². The van der Waals surface area contributed by atoms with Gasteiger partial charge in [0.25, 0.3) is 5.91 Å². The third kappa shape index (κ3) is 4.31. The number of fused-ring (bicyclic) bond motifs is 1. The summed E-state index contributed by atoms with van der Waals surface area (Å²) in [5.41, 5.74) is 3.61. The largest absolute Gasteiger partial charge is 0.497 e. The second-order valence-electron chi connectivity index (χ2n) is 7.24. The van der Waals surface area contributed by atoms with E-state index in [1.807, 2.05) is 24.3 Å². The molecule has 0 atom stereocenters. The first kappa shape index (κ1) is 18.4. The van der Waals surface area contributed by atoms with E-state index in [-0.39, 0.29) is 5.91 Å². The third-order valence-electron chi connectivity index (χ3n) is 5.21. The first-order valence-corrected chi connectivity index (χ1v) is 9.74. The molecule has 2 heterocycles. The first-order chi connectivity index (χ1) is 13.7. The van der Waals surface area contributed by atoms with Gasteiger partial charge >= 0.3 is 0 Å². The van der Waals surface area contributed by atoms with Crippen molar-refractivity contribution >= 4 is 16.8 Å². The van der Waals surface area contributed by atoms with Crippen LogP contribution >= 0.6 is 0 Å². The van der Waals surface area contributed by atoms with Crippen LogP contribution in [-0.2, 0) is 13.1 Å². The Morgan fingerprint density at radius 1 is 1.04 bits per heavy atom. The lowest BCUT2D eigenvalue weighted by atomic mass is 10.1. The molecule has 1 N–H and O–H groups in total. The van der Waals surface area contributed by atoms with Crippen LogP contribution < -0.4 is 10.1 Å². The molecular weight excluding hydrogens is 350 g/mol. The number of methoxy groups -OCH3 is 1. The number of aromatic nitrogens is 1. The Morgan fingerprint density at radius 3 is 2.54 bits per heavy atom. The zero-order valence-electron chi connectivity index (χ0n) is 16.1. The highest BCUT2D eigenvalue weighted by Gasteiger charge is 2.12. The fourth-order valence-corrected chi connectivity index (χ4v) is 3.59. The van der Waals surface area contributed by atoms with E-state index in [0.717, 1.165) is 28.8 Å². The van der Waals surface area contributed by atoms with Gasteiger partial charge in [-0.15, -0.1) is 0 Å². The standard InChI is InChI=1S/C23H25N3O2/c1-28-20-9-11-21-19(14-20)8-10-22(25-21)23(27)24-15-17-4-6-18(7-5-17)16-26-12-2-3-13-26/h4-11,14H,2-3,12-13,15-16H2,1H3,(H,24,27). The molecule has 144 valence electrons. The minimum atomic E-state index is -0.168. The Morgan fingerprint density at radius 2 is 1.79 bits per heavy atom. The van der Waals surface area contributed by atoms with Crippen LogP contribution in [0.3, 0.4) is 0 Å². The molecule has 3 aromatic rings. The summed E-state index contributed by atoms with van der Waals surface area (Å²) in [6, 6.07) is 17.8. The molecule has 1 aromatic heterocycles. The highest BCUT2D eigenvalue weighted by atomic mass is 16.5. The van der Waals surface area contributed by atoms with Crippen LogP contribution in [-0.4, -0.2) is 36.0 Å². The Balaban J connectivity index is 1.36. The minimum absolute atomic E-state index is 0.168. The fraction of sp³-hybridized carbons (Fsp3) is 0.304. The van der Waals surface area contributed by atoms with Crippen LogP contribution in [0, 0.1) is 0 Å². The molecule has 1 fully saturated rings. The molecule has 4 rings (SSSR count). The van der Waals surface area contributed by atoms with Crippen molar-refractivity contribution in [2.75, 3.05) is 20.2 Å². The van der Waals surface area contributed by atoms with Crippen molar-refractivity contribution in [1.29, 1.82) is 0 Å². The van der Waals surface area contributed by atoms with E-state index in [0.29, 0.717) is 12.2 Å². The summed E-state index contributed by atoms with van der Waals surface area (Å²) in [6.07, 6.45) is 2.61. The molecule has 0 unspecified atom stereocenters. The van der Waals surface area contributed by atoms with Crippen LogP contribution in [0.5, 0.6) is 5.75 Å². The molecule has 0 radical (unpaired) electrons. The summed E-state index contributed by atoms with van der Waals surface area (Å²) < 4.78 is 5.22. The van der Waals surface area contributed by atoms with Gasteiger partial charge in [-0.05, 0) is 61.3 Å². The monoisotopic (exact) mass is 375 g/mol. The Kier molecular flexibility index (Phi) is 5.53. The SMILES string of the molecule is COc1ccc2nc(C(=O)NCc3ccc(CN4CCCC4)cc3)ccc2c1. The topological polar surface area (TPSA) is 54.5 Å². The van der Waals surface area contributed by atoms with E-state index in [1.165, 1.54) is 31.5 Å². The van der Waals surface area contributed by atoms with Crippen molar-refractivity contribution in [1.82, 2.24) is 15.2 Å². The molecule has 0 spiro atoms. The second-order valence-corrected chi connectivity index (χ2v) is 7.24. The van der Waals surface area contributed by atoms with E-state index >= 15 is 0 Å². The Labute approximate surface area is 165 Å². The Hall–Kier alpha value is -2.92. The molecule has 5 heteroatoms. The normalized spacial score (nSPS) is 14.3. The summed E-state index contributed by atoms with van der Waals surface area (Å²) in [5, 5.41) is 3.91. The summed E-state index contributed by atoms with van der Waals surface area (Å²) in [7, 11) is 1.63. The van der Waals surface area contributed by atoms with Crippen LogP contribution in [0.2, 0.25) is 0 Å². The third-order valence-corrected chi connectivity index (χ3v) is 5.21. The van der Waals surface area contributed by atoms with Gasteiger partial charge in [-0.1, -0.05) is 30.3 Å². The van der Waals surface area contributed by atoms with E-state index < -0.39 is 0 Å². The average Bonchev–Trinajstić information content (AvgIpc) is 3.25. The molecular formula is C23H25N3O2. The lowest BCUT2D eigenvalue weighted by molar-refractivity contribution is 0.0946. The van der Waals surface area contributed by atoms with Gasteiger partial charge in [-0.2, -0.15) is 0 Å². The van der Waals surface area contributed by atoms with E-state index in [2.05, 4.69) is 39.5 Å². The van der Waals surface area contributed by atoms with Crippen LogP contribution in [0.25, 0.3) is 10.9 Å². The number of benzene rings is 2. The smallest absolute Gasteiger partial charge is 0.270 e. The molecule has 0 saturated carbocycles. The lowest BCUT2D eigenvalue weighted by Crippen LogP contribution is -2.23. The highest BCUT2D eigenvalue weighted by molar-refractivity contribution is 5.95. The number of ether oxygens (including phenoxy) is 1. The second kappa shape index (κ2) is 8.40. The molecule has 28 heavy (non-hydrogen) atoms. The average molecular weight is 375 g/mol. The van der Waals surface area contributed by atoms with Crippen molar-refractivity contribution in [2.24, 2.45) is 0 Å². The van der Waals surface area contributed by atoms with Crippen molar-refractivity contribution < 1.29 is 9.53 Å². The molecule has 1 aliphatic heterocycles. The van der Waals surface area contributed by atoms with Gasteiger partial charge in [0.15, 0.2) is 0 Å². The van der Waals surface area contributed by atoms with Crippen molar-refractivity contribution in [3.63, 3.8) is 0 Å². The molecule has 1 saturated heterocycles. The van der Waals surface area contributed by atoms with Gasteiger partial charge in [-0.25, -0.2) is 4.98 Å². The highest BCUT2D eigenvalue weighted by Crippen LogP contribution is 2.19. The summed E-state index contributed by atoms with van der Waals surface area (Å²) in [5.74, 6) is 0.610. The van der Waals surface area contributed by atoms with Gasteiger partial charge in [-0.3, -0.25) is 9.69 Å². The number of pyridine rings is 1. The van der Waals surface area contributed by atoms with Gasteiger partial charge < -0.3 is 10.1 Å². The molecule has 1 aliphatic rings. The predicted octanol–water partition coefficient (Wildman–Crippen LogP) is 3.77. The van der Waals surface area contributed by atoms with Crippen molar-refractivity contribution in [3.8, 4) is 5.75 Å². The maximum Gasteiger partial charge on any atom is 0.270 e. The maximum absolute atomic E-state index is 12.5. The molecule has 0 aliphatic carbocycles. The number of hydrogen-bond donors (Lipinski definition) is 1. The van der Waals surface area contributed by atoms with E-state index in [1.54, 1.807) is 13.2 Å². The van der Waals surface area contributed by atoms with E-state index in [4.69, 9.17) is 4.74 Å². The maximum atomic E-state index is 12.5. The number of rotatable bonds is 6. The van der Waals surface area contributed by atoms with Crippen molar-refractivity contribution in [2.45, 2.75) is 25.9 Å². The zero-order chi connectivity index (χ0) is 19.3. The van der Waals surface area contributed by atoms with Gasteiger partial charge in [0.05, 0.1) is 12.6 Å². The molecule has 5 nitrogen and oxygen atoms in total.